The molecule has 0 saturated heterocycles. The number of amides is 1. The number of benzene rings is 1. The van der Waals surface area contributed by atoms with Crippen LogP contribution < -0.4 is 10.5 Å². The number of nitrogens with zero attached hydrogens (tertiary/aromatic N) is 3. The number of ether oxygens (including phenoxy) is 1. The van der Waals surface area contributed by atoms with Crippen molar-refractivity contribution in [2.45, 2.75) is 51.6 Å². The molecule has 2 aromatic heterocycles. The maximum absolute atomic E-state index is 11.2. The monoisotopic (exact) mass is 398 g/mol. The minimum absolute atomic E-state index is 0.0379. The van der Waals surface area contributed by atoms with Crippen LogP contribution in [0.5, 0.6) is 5.75 Å². The Morgan fingerprint density at radius 2 is 2.14 bits per heavy atom. The molecule has 7 heteroatoms. The van der Waals surface area contributed by atoms with Crippen molar-refractivity contribution in [3.05, 3.63) is 48.7 Å². The lowest BCUT2D eigenvalue weighted by atomic mass is 10.2. The number of aromatic nitrogens is 3. The standard InChI is InChI=1S/C22H30N4O3/c1-2-3-4-5-12-29-19-6-7-21-17(13-19)8-10-25(21)11-9-18(15-27)26-14-20(22(23)28)24-16-26/h6-8,10,13-14,16,18,27H,2-5,9,11-12,15H2,1H3,(H2,23,28)/t18-/m1/s1. The normalized spacial score (nSPS) is 12.3. The van der Waals surface area contributed by atoms with Crippen molar-refractivity contribution in [3.8, 4) is 5.75 Å². The van der Waals surface area contributed by atoms with Gasteiger partial charge < -0.3 is 24.7 Å². The summed E-state index contributed by atoms with van der Waals surface area (Å²) >= 11 is 0. The van der Waals surface area contributed by atoms with Gasteiger partial charge in [0, 0.05) is 29.8 Å². The van der Waals surface area contributed by atoms with E-state index in [1.807, 2.05) is 12.3 Å². The van der Waals surface area contributed by atoms with Gasteiger partial charge in [-0.1, -0.05) is 26.2 Å². The quantitative estimate of drug-likeness (QED) is 0.456. The van der Waals surface area contributed by atoms with E-state index in [4.69, 9.17) is 10.5 Å². The van der Waals surface area contributed by atoms with E-state index in [9.17, 15) is 9.90 Å². The molecule has 2 heterocycles. The van der Waals surface area contributed by atoms with Gasteiger partial charge in [0.1, 0.15) is 11.4 Å². The SMILES string of the molecule is CCCCCCOc1ccc2c(ccn2CC[C@H](CO)n2cnc(C(N)=O)c2)c1. The fourth-order valence-corrected chi connectivity index (χ4v) is 3.47. The van der Waals surface area contributed by atoms with Crippen LogP contribution in [0.2, 0.25) is 0 Å². The summed E-state index contributed by atoms with van der Waals surface area (Å²) in [5, 5.41) is 10.9. The van der Waals surface area contributed by atoms with Crippen molar-refractivity contribution in [2.24, 2.45) is 5.73 Å². The first-order chi connectivity index (χ1) is 14.1. The Bertz CT molecular complexity index is 931. The van der Waals surface area contributed by atoms with Gasteiger partial charge in [0.15, 0.2) is 0 Å². The third-order valence-electron chi connectivity index (χ3n) is 5.20. The van der Waals surface area contributed by atoms with E-state index in [0.717, 1.165) is 36.2 Å². The van der Waals surface area contributed by atoms with Crippen molar-refractivity contribution in [1.29, 1.82) is 0 Å². The number of aliphatic hydroxyl groups excluding tert-OH is 1. The van der Waals surface area contributed by atoms with E-state index in [1.54, 1.807) is 17.1 Å². The predicted octanol–water partition coefficient (Wildman–Crippen LogP) is 3.52. The fourth-order valence-electron chi connectivity index (χ4n) is 3.47. The van der Waals surface area contributed by atoms with Gasteiger partial charge in [0.05, 0.1) is 25.6 Å². The molecular formula is C22H30N4O3. The lowest BCUT2D eigenvalue weighted by Crippen LogP contribution is -2.15. The zero-order valence-electron chi connectivity index (χ0n) is 17.0. The number of hydrogen-bond acceptors (Lipinski definition) is 4. The van der Waals surface area contributed by atoms with Crippen LogP contribution in [0, 0.1) is 0 Å². The fraction of sp³-hybridized carbons (Fsp3) is 0.455. The third-order valence-corrected chi connectivity index (χ3v) is 5.20. The summed E-state index contributed by atoms with van der Waals surface area (Å²) in [5.74, 6) is 0.331. The number of fused-ring (bicyclic) bond motifs is 1. The van der Waals surface area contributed by atoms with Crippen molar-refractivity contribution >= 4 is 16.8 Å². The van der Waals surface area contributed by atoms with Crippen LogP contribution in [0.3, 0.4) is 0 Å². The summed E-state index contributed by atoms with van der Waals surface area (Å²) in [7, 11) is 0. The van der Waals surface area contributed by atoms with Gasteiger partial charge in [-0.05, 0) is 37.1 Å². The largest absolute Gasteiger partial charge is 0.494 e. The van der Waals surface area contributed by atoms with E-state index in [0.29, 0.717) is 6.42 Å². The van der Waals surface area contributed by atoms with E-state index in [2.05, 4.69) is 34.7 Å². The molecule has 7 nitrogen and oxygen atoms in total. The Kier molecular flexibility index (Phi) is 7.30. The summed E-state index contributed by atoms with van der Waals surface area (Å²) in [6.07, 6.45) is 10.6. The number of hydrogen-bond donors (Lipinski definition) is 2. The molecule has 156 valence electrons. The minimum Gasteiger partial charge on any atom is -0.494 e. The predicted molar refractivity (Wildman–Crippen MR) is 113 cm³/mol. The Balaban J connectivity index is 1.60. The molecule has 3 aromatic rings. The zero-order valence-corrected chi connectivity index (χ0v) is 17.0. The highest BCUT2D eigenvalue weighted by Crippen LogP contribution is 2.24. The number of carbonyl (C=O) groups is 1. The highest BCUT2D eigenvalue weighted by molar-refractivity contribution is 5.90. The van der Waals surface area contributed by atoms with Crippen LogP contribution in [0.25, 0.3) is 10.9 Å². The van der Waals surface area contributed by atoms with E-state index >= 15 is 0 Å². The van der Waals surface area contributed by atoms with Crippen LogP contribution in [0.15, 0.2) is 43.0 Å². The van der Waals surface area contributed by atoms with Crippen LogP contribution in [-0.4, -0.2) is 38.3 Å². The van der Waals surface area contributed by atoms with Gasteiger partial charge in [0.2, 0.25) is 0 Å². The zero-order chi connectivity index (χ0) is 20.6. The second kappa shape index (κ2) is 10.1. The lowest BCUT2D eigenvalue weighted by molar-refractivity contribution is 0.0995. The number of imidazole rings is 1. The summed E-state index contributed by atoms with van der Waals surface area (Å²) in [4.78, 5) is 15.2. The van der Waals surface area contributed by atoms with Crippen molar-refractivity contribution in [3.63, 3.8) is 0 Å². The average Bonchev–Trinajstić information content (AvgIpc) is 3.36. The first-order valence-electron chi connectivity index (χ1n) is 10.3. The Labute approximate surface area is 171 Å². The molecule has 1 amide bonds. The molecule has 1 aromatic carbocycles. The van der Waals surface area contributed by atoms with Crippen molar-refractivity contribution in [2.75, 3.05) is 13.2 Å². The highest BCUT2D eigenvalue weighted by Gasteiger charge is 2.14. The number of aryl methyl sites for hydroxylation is 1. The molecule has 0 spiro atoms. The van der Waals surface area contributed by atoms with Crippen molar-refractivity contribution < 1.29 is 14.6 Å². The number of unbranched alkanes of at least 4 members (excludes halogenated alkanes) is 3. The number of nitrogens with two attached hydrogens (primary N) is 1. The average molecular weight is 399 g/mol. The maximum atomic E-state index is 11.2. The number of rotatable bonds is 12. The molecule has 3 N–H and O–H groups in total. The molecular weight excluding hydrogens is 368 g/mol. The summed E-state index contributed by atoms with van der Waals surface area (Å²) in [5.41, 5.74) is 6.59. The first-order valence-corrected chi connectivity index (χ1v) is 10.3. The number of carbonyl (C=O) groups excluding carboxylic acids is 1. The second-order valence-electron chi connectivity index (χ2n) is 7.33. The molecule has 1 atom stereocenters. The lowest BCUT2D eigenvalue weighted by Gasteiger charge is -2.16. The van der Waals surface area contributed by atoms with Crippen LogP contribution in [0.4, 0.5) is 0 Å². The van der Waals surface area contributed by atoms with E-state index < -0.39 is 5.91 Å². The maximum Gasteiger partial charge on any atom is 0.268 e. The van der Waals surface area contributed by atoms with Gasteiger partial charge in [-0.3, -0.25) is 4.79 Å². The van der Waals surface area contributed by atoms with Crippen LogP contribution in [-0.2, 0) is 6.54 Å². The smallest absolute Gasteiger partial charge is 0.268 e. The van der Waals surface area contributed by atoms with Crippen molar-refractivity contribution in [1.82, 2.24) is 14.1 Å². The van der Waals surface area contributed by atoms with Gasteiger partial charge in [-0.2, -0.15) is 0 Å². The number of primary amides is 1. The van der Waals surface area contributed by atoms with Crippen LogP contribution in [0.1, 0.15) is 55.6 Å². The summed E-state index contributed by atoms with van der Waals surface area (Å²) in [6.45, 7) is 3.65. The molecule has 0 aliphatic heterocycles. The number of aliphatic hydroxyl groups is 1. The molecule has 29 heavy (non-hydrogen) atoms. The van der Waals surface area contributed by atoms with Gasteiger partial charge in [-0.25, -0.2) is 4.98 Å². The minimum atomic E-state index is -0.569. The Hall–Kier alpha value is -2.80. The van der Waals surface area contributed by atoms with E-state index in [-0.39, 0.29) is 18.3 Å². The van der Waals surface area contributed by atoms with Gasteiger partial charge in [0.25, 0.3) is 5.91 Å². The molecule has 0 aliphatic rings. The van der Waals surface area contributed by atoms with Crippen LogP contribution >= 0.6 is 0 Å². The second-order valence-corrected chi connectivity index (χ2v) is 7.33. The molecule has 0 bridgehead atoms. The molecule has 0 saturated carbocycles. The first kappa shape index (κ1) is 20.9. The highest BCUT2D eigenvalue weighted by atomic mass is 16.5. The van der Waals surface area contributed by atoms with Gasteiger partial charge in [-0.15, -0.1) is 0 Å². The molecule has 0 aliphatic carbocycles. The summed E-state index contributed by atoms with van der Waals surface area (Å²) < 4.78 is 9.78. The Morgan fingerprint density at radius 1 is 1.28 bits per heavy atom. The molecule has 3 rings (SSSR count). The molecule has 0 fully saturated rings. The van der Waals surface area contributed by atoms with E-state index in [1.165, 1.54) is 19.3 Å². The summed E-state index contributed by atoms with van der Waals surface area (Å²) in [6, 6.07) is 8.07. The molecule has 0 unspecified atom stereocenters. The van der Waals surface area contributed by atoms with Gasteiger partial charge >= 0.3 is 0 Å². The third kappa shape index (κ3) is 5.38. The Morgan fingerprint density at radius 3 is 2.86 bits per heavy atom. The topological polar surface area (TPSA) is 95.3 Å². The molecule has 0 radical (unpaired) electrons.